The molecule has 2 aromatic carbocycles. The molecule has 1 fully saturated rings. The lowest BCUT2D eigenvalue weighted by atomic mass is 9.83. The van der Waals surface area contributed by atoms with Crippen molar-refractivity contribution in [2.75, 3.05) is 54.5 Å². The fourth-order valence-corrected chi connectivity index (χ4v) is 12.1. The Morgan fingerprint density at radius 1 is 0.805 bits per heavy atom. The smallest absolute Gasteiger partial charge is 0.294 e. The van der Waals surface area contributed by atoms with Crippen molar-refractivity contribution >= 4 is 63.1 Å². The van der Waals surface area contributed by atoms with E-state index in [1.165, 1.54) is 29.2 Å². The van der Waals surface area contributed by atoms with Crippen LogP contribution >= 0.6 is 0 Å². The SMILES string of the molecule is CC[C@H](C)[C@@H]([C@@H](CC(=O)N1CCC[C@H]1[C@H](OC)[C@@H](C)C(=O)C[C@H](/C=C/c1ccc(S(=O)(=O)O)cc1)Cc1ccccc1)OC)N(C)C(=O)[C@@H](CC(=O)[C@H](C(C)C)N(C)CCCC(=O)CNC(=O)CCCCCN1C(=O)C=CC1=O)C(C)C. The van der Waals surface area contributed by atoms with E-state index in [1.54, 1.807) is 43.2 Å². The molecule has 4 rings (SSSR count). The summed E-state index contributed by atoms with van der Waals surface area (Å²) in [5.74, 6) is -3.40. The zero-order valence-corrected chi connectivity index (χ0v) is 51.2. The highest BCUT2D eigenvalue weighted by Gasteiger charge is 2.43. The molecule has 2 aliphatic heterocycles. The van der Waals surface area contributed by atoms with Gasteiger partial charge in [0.2, 0.25) is 17.7 Å². The Morgan fingerprint density at radius 3 is 2.05 bits per heavy atom. The van der Waals surface area contributed by atoms with Gasteiger partial charge >= 0.3 is 0 Å². The first-order valence-corrected chi connectivity index (χ1v) is 30.8. The van der Waals surface area contributed by atoms with Crippen LogP contribution in [0.3, 0.4) is 0 Å². The first kappa shape index (κ1) is 68.8. The molecule has 0 aliphatic carbocycles. The molecular weight excluding hydrogens is 1070 g/mol. The number of carbonyl (C=O) groups is 8. The largest absolute Gasteiger partial charge is 0.379 e. The molecule has 0 spiro atoms. The minimum atomic E-state index is -4.35. The van der Waals surface area contributed by atoms with E-state index in [0.29, 0.717) is 76.6 Å². The summed E-state index contributed by atoms with van der Waals surface area (Å²) in [7, 11) is 2.35. The predicted molar refractivity (Wildman–Crippen MR) is 315 cm³/mol. The van der Waals surface area contributed by atoms with Crippen LogP contribution < -0.4 is 5.32 Å². The number of nitrogens with zero attached hydrogens (tertiary/aromatic N) is 4. The zero-order valence-electron chi connectivity index (χ0n) is 50.4. The van der Waals surface area contributed by atoms with Gasteiger partial charge in [-0.15, -0.1) is 0 Å². The third kappa shape index (κ3) is 20.6. The quantitative estimate of drug-likeness (QED) is 0.0373. The molecule has 2 aliphatic rings. The third-order valence-corrected chi connectivity index (χ3v) is 17.4. The van der Waals surface area contributed by atoms with Crippen LogP contribution in [0.4, 0.5) is 0 Å². The molecule has 0 aromatic heterocycles. The number of carbonyl (C=O) groups excluding carboxylic acids is 8. The highest BCUT2D eigenvalue weighted by Crippen LogP contribution is 2.32. The zero-order chi connectivity index (χ0) is 60.8. The van der Waals surface area contributed by atoms with Gasteiger partial charge in [0.05, 0.1) is 48.2 Å². The normalized spacial score (nSPS) is 17.8. The molecule has 2 N–H and O–H groups in total. The maximum atomic E-state index is 14.8. The molecule has 9 atom stereocenters. The molecular formula is C63H93N5O13S. The Balaban J connectivity index is 1.36. The summed E-state index contributed by atoms with van der Waals surface area (Å²) in [4.78, 5) is 113. The van der Waals surface area contributed by atoms with Crippen molar-refractivity contribution in [1.29, 1.82) is 0 Å². The minimum absolute atomic E-state index is 0.00394. The first-order chi connectivity index (χ1) is 38.8. The molecule has 0 bridgehead atoms. The Labute approximate surface area is 487 Å². The Hall–Kier alpha value is -5.73. The maximum absolute atomic E-state index is 14.8. The Bertz CT molecular complexity index is 2610. The van der Waals surface area contributed by atoms with Crippen molar-refractivity contribution in [1.82, 2.24) is 24.9 Å². The van der Waals surface area contributed by atoms with Gasteiger partial charge in [0.15, 0.2) is 11.6 Å². The highest BCUT2D eigenvalue weighted by molar-refractivity contribution is 7.85. The number of hydrogen-bond acceptors (Lipinski definition) is 13. The van der Waals surface area contributed by atoms with Crippen molar-refractivity contribution in [3.8, 4) is 0 Å². The average Bonchev–Trinajstić information content (AvgIpc) is 4.06. The minimum Gasteiger partial charge on any atom is -0.379 e. The second-order valence-corrected chi connectivity index (χ2v) is 24.6. The van der Waals surface area contributed by atoms with E-state index in [-0.39, 0.29) is 114 Å². The van der Waals surface area contributed by atoms with Crippen molar-refractivity contribution in [3.63, 3.8) is 0 Å². The van der Waals surface area contributed by atoms with E-state index in [1.807, 2.05) is 103 Å². The number of Topliss-reactive ketones (excluding diaryl/α,β-unsaturated/α-hetero) is 3. The van der Waals surface area contributed by atoms with Crippen molar-refractivity contribution in [2.24, 2.45) is 35.5 Å². The molecule has 5 amide bonds. The van der Waals surface area contributed by atoms with Crippen molar-refractivity contribution < 1.29 is 60.8 Å². The number of likely N-dealkylation sites (tertiary alicyclic amines) is 1. The number of nitrogens with one attached hydrogen (secondary N) is 1. The highest BCUT2D eigenvalue weighted by atomic mass is 32.2. The van der Waals surface area contributed by atoms with Crippen LogP contribution in [0.1, 0.15) is 137 Å². The molecule has 19 heteroatoms. The van der Waals surface area contributed by atoms with Crippen LogP contribution in [0.5, 0.6) is 0 Å². The first-order valence-electron chi connectivity index (χ1n) is 29.3. The summed E-state index contributed by atoms with van der Waals surface area (Å²) in [5, 5.41) is 2.69. The number of imide groups is 1. The second-order valence-electron chi connectivity index (χ2n) is 23.2. The summed E-state index contributed by atoms with van der Waals surface area (Å²) in [6.07, 6.45) is 10.4. The number of benzene rings is 2. The molecule has 0 saturated carbocycles. The fraction of sp³-hybridized carbons (Fsp3) is 0.619. The monoisotopic (exact) mass is 1160 g/mol. The number of ether oxygens (including phenoxy) is 2. The van der Waals surface area contributed by atoms with Gasteiger partial charge in [0, 0.05) is 84.0 Å². The molecule has 2 heterocycles. The van der Waals surface area contributed by atoms with Gasteiger partial charge in [-0.1, -0.05) is 116 Å². The van der Waals surface area contributed by atoms with Gasteiger partial charge in [-0.3, -0.25) is 52.7 Å². The van der Waals surface area contributed by atoms with Crippen LogP contribution in [0.15, 0.2) is 77.7 Å². The lowest BCUT2D eigenvalue weighted by Gasteiger charge is -2.41. The van der Waals surface area contributed by atoms with Gasteiger partial charge < -0.3 is 24.6 Å². The number of unbranched alkanes of at least 4 members (excludes halogenated alkanes) is 2. The van der Waals surface area contributed by atoms with Crippen LogP contribution in [-0.4, -0.2) is 164 Å². The summed E-state index contributed by atoms with van der Waals surface area (Å²) >= 11 is 0. The van der Waals surface area contributed by atoms with Gasteiger partial charge in [-0.25, -0.2) is 0 Å². The van der Waals surface area contributed by atoms with Crippen molar-refractivity contribution in [2.45, 2.75) is 167 Å². The summed E-state index contributed by atoms with van der Waals surface area (Å²) in [5.41, 5.74) is 1.74. The molecule has 454 valence electrons. The number of allylic oxidation sites excluding steroid dienone is 1. The number of likely N-dealkylation sites (N-methyl/N-ethyl adjacent to an activating group) is 2. The molecule has 82 heavy (non-hydrogen) atoms. The number of ketones is 3. The third-order valence-electron chi connectivity index (χ3n) is 16.5. The lowest BCUT2D eigenvalue weighted by molar-refractivity contribution is -0.149. The standard InChI is InChI=1S/C63H93N5O13S/c1-12-44(6)61(66(9)63(76)51(42(2)3)39-54(71)60(43(4)5)65(8)34-19-23-49(69)41-64-56(72)25-17-14-18-35-68-57(73)32-33-58(68)74)55(80-10)40-59(75)67-36-20-24-52(67)62(81-11)45(7)53(70)38-48(37-47-21-15-13-16-22-47)27-26-46-28-30-50(31-29-46)82(77,78)79/h13,15-16,21-22,26-33,42-45,48,51-52,55,60-62H,12,14,17-20,23-25,34-41H2,1-11H3,(H,64,72)(H,77,78,79)/b27-26+/t44-,45-,48+,51-,52-,55+,60-,61-,62+/m0/s1. The van der Waals surface area contributed by atoms with Gasteiger partial charge in [0.1, 0.15) is 5.78 Å². The Morgan fingerprint density at radius 2 is 1.46 bits per heavy atom. The van der Waals surface area contributed by atoms with Gasteiger partial charge in [-0.2, -0.15) is 8.42 Å². The van der Waals surface area contributed by atoms with Crippen molar-refractivity contribution in [3.05, 3.63) is 84.0 Å². The number of methoxy groups -OCH3 is 2. The van der Waals surface area contributed by atoms with Crippen LogP contribution in [0, 0.1) is 35.5 Å². The van der Waals surface area contributed by atoms with Crippen LogP contribution in [0.25, 0.3) is 6.08 Å². The molecule has 0 radical (unpaired) electrons. The lowest BCUT2D eigenvalue weighted by Crippen LogP contribution is -2.54. The van der Waals surface area contributed by atoms with Gasteiger partial charge in [0.25, 0.3) is 21.9 Å². The van der Waals surface area contributed by atoms with E-state index in [0.717, 1.165) is 5.56 Å². The second kappa shape index (κ2) is 33.5. The van der Waals surface area contributed by atoms with E-state index in [4.69, 9.17) is 9.47 Å². The average molecular weight is 1160 g/mol. The number of amides is 5. The molecule has 18 nitrogen and oxygen atoms in total. The van der Waals surface area contributed by atoms with E-state index < -0.39 is 52.3 Å². The van der Waals surface area contributed by atoms with Gasteiger partial charge in [-0.05, 0) is 99.0 Å². The van der Waals surface area contributed by atoms with Crippen LogP contribution in [0.2, 0.25) is 0 Å². The maximum Gasteiger partial charge on any atom is 0.294 e. The number of rotatable bonds is 37. The summed E-state index contributed by atoms with van der Waals surface area (Å²) in [6.45, 7) is 14.8. The summed E-state index contributed by atoms with van der Waals surface area (Å²) in [6, 6.07) is 14.2. The van der Waals surface area contributed by atoms with E-state index in [2.05, 4.69) is 5.32 Å². The Kier molecular flexibility index (Phi) is 28.1. The molecule has 2 aromatic rings. The summed E-state index contributed by atoms with van der Waals surface area (Å²) < 4.78 is 45.0. The molecule has 0 unspecified atom stereocenters. The van der Waals surface area contributed by atoms with E-state index in [9.17, 15) is 51.3 Å². The number of hydrogen-bond donors (Lipinski definition) is 2. The fourth-order valence-electron chi connectivity index (χ4n) is 11.7. The molecule has 1 saturated heterocycles. The predicted octanol–water partition coefficient (Wildman–Crippen LogP) is 7.82. The van der Waals surface area contributed by atoms with Crippen LogP contribution in [-0.2, 0) is 64.4 Å². The topological polar surface area (TPSA) is 234 Å². The van der Waals surface area contributed by atoms with E-state index >= 15 is 0 Å².